The zero-order chi connectivity index (χ0) is 12.3. The minimum atomic E-state index is 0.744. The molecule has 17 heavy (non-hydrogen) atoms. The number of pyridine rings is 1. The third-order valence-corrected chi connectivity index (χ3v) is 4.11. The molecule has 0 saturated carbocycles. The normalized spacial score (nSPS) is 17.5. The first-order valence-electron chi connectivity index (χ1n) is 6.26. The van der Waals surface area contributed by atoms with Gasteiger partial charge in [-0.1, -0.05) is 31.4 Å². The molecule has 2 rings (SSSR count). The Bertz CT molecular complexity index is 376. The van der Waals surface area contributed by atoms with Crippen molar-refractivity contribution in [1.82, 2.24) is 4.98 Å². The molecule has 0 bridgehead atoms. The molecule has 0 aliphatic carbocycles. The summed E-state index contributed by atoms with van der Waals surface area (Å²) < 4.78 is 0.937. The van der Waals surface area contributed by atoms with Crippen LogP contribution in [0.1, 0.15) is 32.6 Å². The zero-order valence-corrected chi connectivity index (χ0v) is 12.5. The van der Waals surface area contributed by atoms with Crippen LogP contribution in [0.25, 0.3) is 0 Å². The Kier molecular flexibility index (Phi) is 4.69. The van der Waals surface area contributed by atoms with Gasteiger partial charge in [0.15, 0.2) is 0 Å². The maximum atomic E-state index is 6.23. The van der Waals surface area contributed by atoms with Crippen LogP contribution >= 0.6 is 27.5 Å². The van der Waals surface area contributed by atoms with Crippen molar-refractivity contribution in [1.29, 1.82) is 0 Å². The summed E-state index contributed by atoms with van der Waals surface area (Å²) in [5.41, 5.74) is 0. The third kappa shape index (κ3) is 3.35. The van der Waals surface area contributed by atoms with Crippen LogP contribution in [0.15, 0.2) is 16.7 Å². The molecule has 1 aromatic rings. The van der Waals surface area contributed by atoms with Crippen molar-refractivity contribution in [3.63, 3.8) is 0 Å². The monoisotopic (exact) mass is 316 g/mol. The lowest BCUT2D eigenvalue weighted by molar-refractivity contribution is 0.377. The molecule has 0 N–H and O–H groups in total. The number of aromatic nitrogens is 1. The lowest BCUT2D eigenvalue weighted by Crippen LogP contribution is -2.34. The SMILES string of the molecule is CCCC1CCN(c2ncc(Br)cc2Cl)CC1. The highest BCUT2D eigenvalue weighted by molar-refractivity contribution is 9.10. The van der Waals surface area contributed by atoms with Gasteiger partial charge in [0.05, 0.1) is 5.02 Å². The standard InChI is InChI=1S/C13H18BrClN2/c1-2-3-10-4-6-17(7-5-10)13-12(15)8-11(14)9-16-13/h8-10H,2-7H2,1H3. The number of halogens is 2. The van der Waals surface area contributed by atoms with Gasteiger partial charge < -0.3 is 4.90 Å². The summed E-state index contributed by atoms with van der Waals surface area (Å²) >= 11 is 9.61. The molecule has 1 aromatic heterocycles. The highest BCUT2D eigenvalue weighted by atomic mass is 79.9. The van der Waals surface area contributed by atoms with Crippen LogP contribution in [-0.2, 0) is 0 Å². The molecule has 0 unspecified atom stereocenters. The predicted octanol–water partition coefficient (Wildman–Crippen LogP) is 4.51. The number of hydrogen-bond donors (Lipinski definition) is 0. The molecule has 0 amide bonds. The highest BCUT2D eigenvalue weighted by Gasteiger charge is 2.20. The van der Waals surface area contributed by atoms with E-state index in [1.54, 1.807) is 0 Å². The van der Waals surface area contributed by atoms with E-state index < -0.39 is 0 Å². The van der Waals surface area contributed by atoms with Gasteiger partial charge in [0.1, 0.15) is 5.82 Å². The predicted molar refractivity (Wildman–Crippen MR) is 76.8 cm³/mol. The lowest BCUT2D eigenvalue weighted by atomic mass is 9.92. The molecule has 0 spiro atoms. The van der Waals surface area contributed by atoms with Crippen LogP contribution < -0.4 is 4.90 Å². The van der Waals surface area contributed by atoms with E-state index in [9.17, 15) is 0 Å². The minimum Gasteiger partial charge on any atom is -0.355 e. The molecule has 0 atom stereocenters. The summed E-state index contributed by atoms with van der Waals surface area (Å²) in [6.45, 7) is 4.43. The van der Waals surface area contributed by atoms with Crippen LogP contribution in [0.2, 0.25) is 5.02 Å². The molecule has 1 aliphatic heterocycles. The highest BCUT2D eigenvalue weighted by Crippen LogP contribution is 2.30. The van der Waals surface area contributed by atoms with Crippen molar-refractivity contribution in [3.8, 4) is 0 Å². The molecule has 94 valence electrons. The smallest absolute Gasteiger partial charge is 0.147 e. The molecule has 2 nitrogen and oxygen atoms in total. The Labute approximate surface area is 116 Å². The number of nitrogens with zero attached hydrogens (tertiary/aromatic N) is 2. The fraction of sp³-hybridized carbons (Fsp3) is 0.615. The van der Waals surface area contributed by atoms with Gasteiger partial charge in [0.2, 0.25) is 0 Å². The van der Waals surface area contributed by atoms with Gasteiger partial charge in [-0.2, -0.15) is 0 Å². The third-order valence-electron chi connectivity index (χ3n) is 3.40. The Morgan fingerprint density at radius 1 is 1.47 bits per heavy atom. The summed E-state index contributed by atoms with van der Waals surface area (Å²) in [6, 6.07) is 1.92. The average Bonchev–Trinajstić information content (AvgIpc) is 2.31. The maximum absolute atomic E-state index is 6.23. The largest absolute Gasteiger partial charge is 0.355 e. The first kappa shape index (κ1) is 13.2. The molecule has 2 heterocycles. The van der Waals surface area contributed by atoms with Crippen molar-refractivity contribution >= 4 is 33.3 Å². The number of hydrogen-bond acceptors (Lipinski definition) is 2. The van der Waals surface area contributed by atoms with E-state index in [4.69, 9.17) is 11.6 Å². The lowest BCUT2D eigenvalue weighted by Gasteiger charge is -2.33. The van der Waals surface area contributed by atoms with E-state index in [1.807, 2.05) is 12.3 Å². The molecular weight excluding hydrogens is 300 g/mol. The fourth-order valence-electron chi connectivity index (χ4n) is 2.48. The van der Waals surface area contributed by atoms with Crippen LogP contribution in [0, 0.1) is 5.92 Å². The Morgan fingerprint density at radius 2 is 2.18 bits per heavy atom. The van der Waals surface area contributed by atoms with Crippen LogP contribution in [0.5, 0.6) is 0 Å². The molecule has 4 heteroatoms. The fourth-order valence-corrected chi connectivity index (χ4v) is 3.23. The topological polar surface area (TPSA) is 16.1 Å². The summed E-state index contributed by atoms with van der Waals surface area (Å²) in [5, 5.41) is 0.744. The van der Waals surface area contributed by atoms with E-state index in [-0.39, 0.29) is 0 Å². The summed E-state index contributed by atoms with van der Waals surface area (Å²) in [6.07, 6.45) is 7.00. The van der Waals surface area contributed by atoms with E-state index in [0.717, 1.165) is 34.3 Å². The van der Waals surface area contributed by atoms with Gasteiger partial charge >= 0.3 is 0 Å². The van der Waals surface area contributed by atoms with Crippen LogP contribution in [-0.4, -0.2) is 18.1 Å². The van der Waals surface area contributed by atoms with Gasteiger partial charge in [-0.15, -0.1) is 0 Å². The number of rotatable bonds is 3. The number of anilines is 1. The van der Waals surface area contributed by atoms with Crippen molar-refractivity contribution in [2.75, 3.05) is 18.0 Å². The molecule has 0 radical (unpaired) electrons. The quantitative estimate of drug-likeness (QED) is 0.815. The van der Waals surface area contributed by atoms with E-state index in [2.05, 4.69) is 32.7 Å². The second kappa shape index (κ2) is 6.05. The molecule has 1 fully saturated rings. The van der Waals surface area contributed by atoms with E-state index in [0.29, 0.717) is 0 Å². The summed E-state index contributed by atoms with van der Waals surface area (Å²) in [4.78, 5) is 6.73. The van der Waals surface area contributed by atoms with Gasteiger partial charge in [0.25, 0.3) is 0 Å². The average molecular weight is 318 g/mol. The van der Waals surface area contributed by atoms with Crippen LogP contribution in [0.4, 0.5) is 5.82 Å². The zero-order valence-electron chi connectivity index (χ0n) is 10.1. The van der Waals surface area contributed by atoms with Gasteiger partial charge in [-0.3, -0.25) is 0 Å². The molecule has 0 aromatic carbocycles. The van der Waals surface area contributed by atoms with Gasteiger partial charge in [0, 0.05) is 23.8 Å². The van der Waals surface area contributed by atoms with Crippen molar-refractivity contribution in [2.45, 2.75) is 32.6 Å². The van der Waals surface area contributed by atoms with Crippen molar-refractivity contribution in [3.05, 3.63) is 21.8 Å². The molecular formula is C13H18BrClN2. The Balaban J connectivity index is 2.00. The number of piperidine rings is 1. The van der Waals surface area contributed by atoms with Crippen LogP contribution in [0.3, 0.4) is 0 Å². The maximum Gasteiger partial charge on any atom is 0.147 e. The Morgan fingerprint density at radius 3 is 2.76 bits per heavy atom. The van der Waals surface area contributed by atoms with Crippen molar-refractivity contribution < 1.29 is 0 Å². The van der Waals surface area contributed by atoms with Gasteiger partial charge in [-0.25, -0.2) is 4.98 Å². The second-order valence-electron chi connectivity index (χ2n) is 4.68. The first-order valence-corrected chi connectivity index (χ1v) is 7.43. The van der Waals surface area contributed by atoms with E-state index >= 15 is 0 Å². The molecule has 1 saturated heterocycles. The summed E-state index contributed by atoms with van der Waals surface area (Å²) in [7, 11) is 0. The summed E-state index contributed by atoms with van der Waals surface area (Å²) in [5.74, 6) is 1.83. The second-order valence-corrected chi connectivity index (χ2v) is 6.00. The Hall–Kier alpha value is -0.280. The first-order chi connectivity index (χ1) is 8.20. The molecule has 1 aliphatic rings. The minimum absolute atomic E-state index is 0.744. The van der Waals surface area contributed by atoms with E-state index in [1.165, 1.54) is 25.7 Å². The van der Waals surface area contributed by atoms with Crippen molar-refractivity contribution in [2.24, 2.45) is 5.92 Å². The van der Waals surface area contributed by atoms with Gasteiger partial charge in [-0.05, 0) is 40.8 Å².